The molecule has 0 spiro atoms. The molecule has 0 aliphatic rings. The predicted octanol–water partition coefficient (Wildman–Crippen LogP) is 3.53. The Morgan fingerprint density at radius 2 is 2.24 bits per heavy atom. The van der Waals surface area contributed by atoms with E-state index in [0.29, 0.717) is 16.1 Å². The second kappa shape index (κ2) is 4.51. The molecule has 0 aliphatic carbocycles. The highest BCUT2D eigenvalue weighted by molar-refractivity contribution is 6.35. The number of halogens is 1. The number of hydrogen-bond acceptors (Lipinski definition) is 3. The van der Waals surface area contributed by atoms with Crippen molar-refractivity contribution >= 4 is 28.6 Å². The van der Waals surface area contributed by atoms with Gasteiger partial charge in [-0.2, -0.15) is 0 Å². The first kappa shape index (κ1) is 11.5. The standard InChI is InChI=1S/C12H9ClN2O2/c1-8(15(16)17)7-9-4-5-11(13)10-3-2-6-14-12(9)10/h2-7H,1H3/b8-7-. The fourth-order valence-corrected chi connectivity index (χ4v) is 1.77. The number of fused-ring (bicyclic) bond motifs is 1. The summed E-state index contributed by atoms with van der Waals surface area (Å²) in [6.45, 7) is 1.45. The zero-order valence-electron chi connectivity index (χ0n) is 9.05. The molecule has 17 heavy (non-hydrogen) atoms. The topological polar surface area (TPSA) is 56.0 Å². The van der Waals surface area contributed by atoms with E-state index in [4.69, 9.17) is 11.6 Å². The third-order valence-electron chi connectivity index (χ3n) is 2.40. The van der Waals surface area contributed by atoms with Crippen molar-refractivity contribution in [2.75, 3.05) is 0 Å². The van der Waals surface area contributed by atoms with E-state index in [1.807, 2.05) is 6.07 Å². The number of allylic oxidation sites excluding steroid dienone is 1. The van der Waals surface area contributed by atoms with E-state index in [2.05, 4.69) is 4.98 Å². The van der Waals surface area contributed by atoms with E-state index >= 15 is 0 Å². The number of nitro groups is 1. The van der Waals surface area contributed by atoms with Crippen molar-refractivity contribution in [3.8, 4) is 0 Å². The van der Waals surface area contributed by atoms with Gasteiger partial charge in [0.15, 0.2) is 0 Å². The molecular formula is C12H9ClN2O2. The number of aromatic nitrogens is 1. The Morgan fingerprint density at radius 3 is 2.94 bits per heavy atom. The highest BCUT2D eigenvalue weighted by Crippen LogP contribution is 2.26. The molecular weight excluding hydrogens is 240 g/mol. The number of rotatable bonds is 2. The minimum absolute atomic E-state index is 0.0688. The molecule has 2 aromatic rings. The van der Waals surface area contributed by atoms with E-state index in [-0.39, 0.29) is 5.70 Å². The lowest BCUT2D eigenvalue weighted by Gasteiger charge is -2.02. The van der Waals surface area contributed by atoms with Crippen molar-refractivity contribution in [2.45, 2.75) is 6.92 Å². The van der Waals surface area contributed by atoms with Crippen LogP contribution in [0.1, 0.15) is 12.5 Å². The van der Waals surface area contributed by atoms with Crippen molar-refractivity contribution < 1.29 is 4.92 Å². The lowest BCUT2D eigenvalue weighted by Crippen LogP contribution is -1.93. The molecule has 0 bridgehead atoms. The number of pyridine rings is 1. The molecule has 86 valence electrons. The first-order chi connectivity index (χ1) is 8.09. The van der Waals surface area contributed by atoms with E-state index in [1.165, 1.54) is 13.0 Å². The van der Waals surface area contributed by atoms with Crippen molar-refractivity contribution in [2.24, 2.45) is 0 Å². The van der Waals surface area contributed by atoms with Crippen LogP contribution in [0.15, 0.2) is 36.2 Å². The number of benzene rings is 1. The van der Waals surface area contributed by atoms with E-state index in [9.17, 15) is 10.1 Å². The van der Waals surface area contributed by atoms with Crippen LogP contribution in [0.5, 0.6) is 0 Å². The van der Waals surface area contributed by atoms with Gasteiger partial charge < -0.3 is 0 Å². The molecule has 0 fully saturated rings. The van der Waals surface area contributed by atoms with Crippen molar-refractivity contribution in [3.05, 3.63) is 56.9 Å². The van der Waals surface area contributed by atoms with Crippen LogP contribution in [0.4, 0.5) is 0 Å². The van der Waals surface area contributed by atoms with Gasteiger partial charge in [0, 0.05) is 30.1 Å². The van der Waals surface area contributed by atoms with Gasteiger partial charge in [-0.05, 0) is 18.2 Å². The van der Waals surface area contributed by atoms with Gasteiger partial charge in [-0.15, -0.1) is 0 Å². The maximum Gasteiger partial charge on any atom is 0.243 e. The molecule has 0 saturated heterocycles. The highest BCUT2D eigenvalue weighted by Gasteiger charge is 2.07. The molecule has 0 N–H and O–H groups in total. The van der Waals surface area contributed by atoms with E-state index in [0.717, 1.165) is 5.39 Å². The van der Waals surface area contributed by atoms with Crippen LogP contribution in [-0.4, -0.2) is 9.91 Å². The van der Waals surface area contributed by atoms with Crippen molar-refractivity contribution in [1.29, 1.82) is 0 Å². The van der Waals surface area contributed by atoms with Gasteiger partial charge in [0.2, 0.25) is 5.70 Å². The maximum atomic E-state index is 10.6. The summed E-state index contributed by atoms with van der Waals surface area (Å²) in [5.41, 5.74) is 1.43. The molecule has 0 saturated carbocycles. The Bertz CT molecular complexity index is 623. The Labute approximate surface area is 103 Å². The van der Waals surface area contributed by atoms with Gasteiger partial charge in [0.25, 0.3) is 0 Å². The van der Waals surface area contributed by atoms with Crippen LogP contribution in [0.2, 0.25) is 5.02 Å². The summed E-state index contributed by atoms with van der Waals surface area (Å²) in [7, 11) is 0. The Kier molecular flexibility index (Phi) is 3.06. The lowest BCUT2D eigenvalue weighted by atomic mass is 10.1. The van der Waals surface area contributed by atoms with Gasteiger partial charge in [-0.25, -0.2) is 0 Å². The van der Waals surface area contributed by atoms with Gasteiger partial charge in [0.05, 0.1) is 15.5 Å². The first-order valence-electron chi connectivity index (χ1n) is 4.95. The molecule has 0 unspecified atom stereocenters. The molecule has 4 nitrogen and oxygen atoms in total. The van der Waals surface area contributed by atoms with Crippen LogP contribution in [-0.2, 0) is 0 Å². The van der Waals surface area contributed by atoms with Crippen LogP contribution in [0, 0.1) is 10.1 Å². The van der Waals surface area contributed by atoms with Crippen molar-refractivity contribution in [1.82, 2.24) is 4.98 Å². The summed E-state index contributed by atoms with van der Waals surface area (Å²) in [4.78, 5) is 14.4. The number of hydrogen-bond donors (Lipinski definition) is 0. The Morgan fingerprint density at radius 1 is 1.47 bits per heavy atom. The van der Waals surface area contributed by atoms with Crippen LogP contribution >= 0.6 is 11.6 Å². The van der Waals surface area contributed by atoms with Gasteiger partial charge in [-0.1, -0.05) is 17.7 Å². The fraction of sp³-hybridized carbons (Fsp3) is 0.0833. The molecule has 0 atom stereocenters. The van der Waals surface area contributed by atoms with Crippen LogP contribution < -0.4 is 0 Å². The SMILES string of the molecule is C/C(=C/c1ccc(Cl)c2cccnc12)[N+](=O)[O-]. The molecule has 0 aliphatic heterocycles. The maximum absolute atomic E-state index is 10.6. The van der Waals surface area contributed by atoms with E-state index < -0.39 is 4.92 Å². The van der Waals surface area contributed by atoms with Gasteiger partial charge in [0.1, 0.15) is 0 Å². The minimum atomic E-state index is -0.427. The summed E-state index contributed by atoms with van der Waals surface area (Å²) >= 11 is 6.03. The summed E-state index contributed by atoms with van der Waals surface area (Å²) in [5, 5.41) is 12.0. The summed E-state index contributed by atoms with van der Waals surface area (Å²) in [6, 6.07) is 7.06. The van der Waals surface area contributed by atoms with Crippen LogP contribution in [0.25, 0.3) is 17.0 Å². The molecule has 0 amide bonds. The van der Waals surface area contributed by atoms with Gasteiger partial charge >= 0.3 is 0 Å². The monoisotopic (exact) mass is 248 g/mol. The number of nitrogens with zero attached hydrogens (tertiary/aromatic N) is 2. The highest BCUT2D eigenvalue weighted by atomic mass is 35.5. The molecule has 5 heteroatoms. The second-order valence-corrected chi connectivity index (χ2v) is 3.99. The first-order valence-corrected chi connectivity index (χ1v) is 5.33. The smallest absolute Gasteiger partial charge is 0.243 e. The second-order valence-electron chi connectivity index (χ2n) is 3.58. The molecule has 1 aromatic carbocycles. The summed E-state index contributed by atoms with van der Waals surface area (Å²) in [5.74, 6) is 0. The largest absolute Gasteiger partial charge is 0.259 e. The van der Waals surface area contributed by atoms with Gasteiger partial charge in [-0.3, -0.25) is 15.1 Å². The van der Waals surface area contributed by atoms with Crippen molar-refractivity contribution in [3.63, 3.8) is 0 Å². The Hall–Kier alpha value is -1.94. The zero-order chi connectivity index (χ0) is 12.4. The molecule has 1 heterocycles. The fourth-order valence-electron chi connectivity index (χ4n) is 1.55. The third-order valence-corrected chi connectivity index (χ3v) is 2.73. The van der Waals surface area contributed by atoms with Crippen LogP contribution in [0.3, 0.4) is 0 Å². The van der Waals surface area contributed by atoms with E-state index in [1.54, 1.807) is 24.4 Å². The lowest BCUT2D eigenvalue weighted by molar-refractivity contribution is -0.422. The molecule has 0 radical (unpaired) electrons. The average molecular weight is 249 g/mol. The molecule has 2 rings (SSSR count). The Balaban J connectivity index is 2.68. The predicted molar refractivity (Wildman–Crippen MR) is 67.4 cm³/mol. The average Bonchev–Trinajstić information content (AvgIpc) is 2.33. The summed E-state index contributed by atoms with van der Waals surface area (Å²) < 4.78 is 0. The third kappa shape index (κ3) is 2.26. The normalized spacial score (nSPS) is 11.8. The minimum Gasteiger partial charge on any atom is -0.259 e. The molecule has 1 aromatic heterocycles. The quantitative estimate of drug-likeness (QED) is 0.603. The zero-order valence-corrected chi connectivity index (χ0v) is 9.81. The summed E-state index contributed by atoms with van der Waals surface area (Å²) in [6.07, 6.45) is 3.13.